The smallest absolute Gasteiger partial charge is 0.113 e. The molecule has 1 heteroatoms. The van der Waals surface area contributed by atoms with Crippen molar-refractivity contribution in [3.63, 3.8) is 0 Å². The third-order valence-electron chi connectivity index (χ3n) is 2.41. The molecule has 1 atom stereocenters. The van der Waals surface area contributed by atoms with Gasteiger partial charge >= 0.3 is 0 Å². The maximum Gasteiger partial charge on any atom is 0.113 e. The number of hydrogen-bond donors (Lipinski definition) is 0. The van der Waals surface area contributed by atoms with E-state index in [9.17, 15) is 0 Å². The minimum absolute atomic E-state index is 0.560. The van der Waals surface area contributed by atoms with Crippen LogP contribution in [0.25, 0.3) is 0 Å². The molecule has 1 saturated carbocycles. The van der Waals surface area contributed by atoms with Crippen LogP contribution in [0.4, 0.5) is 0 Å². The van der Waals surface area contributed by atoms with Crippen LogP contribution in [0.2, 0.25) is 0 Å². The Balaban J connectivity index is 1.80. The van der Waals surface area contributed by atoms with Gasteiger partial charge in [0.05, 0.1) is 6.10 Å². The summed E-state index contributed by atoms with van der Waals surface area (Å²) >= 11 is 0. The number of epoxide rings is 1. The van der Waals surface area contributed by atoms with Gasteiger partial charge in [0, 0.05) is 0 Å². The van der Waals surface area contributed by atoms with Crippen LogP contribution in [-0.4, -0.2) is 6.10 Å². The first-order valence-electron chi connectivity index (χ1n) is 3.95. The van der Waals surface area contributed by atoms with Crippen LogP contribution in [0.15, 0.2) is 0 Å². The van der Waals surface area contributed by atoms with Crippen molar-refractivity contribution in [3.05, 3.63) is 6.61 Å². The predicted molar refractivity (Wildman–Crippen MR) is 35.7 cm³/mol. The standard InChI is InChI=1S/C8H13O/c1-2-4-7(5-3-1)8-6-9-8/h6-8H,1-5H2. The molecule has 1 aliphatic carbocycles. The molecule has 0 aromatic rings. The van der Waals surface area contributed by atoms with E-state index in [4.69, 9.17) is 4.74 Å². The molecule has 1 aliphatic heterocycles. The van der Waals surface area contributed by atoms with Gasteiger partial charge in [0.2, 0.25) is 0 Å². The molecule has 1 radical (unpaired) electrons. The molecule has 1 saturated heterocycles. The van der Waals surface area contributed by atoms with Crippen molar-refractivity contribution in [1.82, 2.24) is 0 Å². The van der Waals surface area contributed by atoms with Crippen LogP contribution in [0.1, 0.15) is 32.1 Å². The van der Waals surface area contributed by atoms with E-state index in [1.807, 2.05) is 6.61 Å². The summed E-state index contributed by atoms with van der Waals surface area (Å²) in [6, 6.07) is 0. The van der Waals surface area contributed by atoms with Gasteiger partial charge in [0.1, 0.15) is 6.61 Å². The number of ether oxygens (including phenoxy) is 1. The molecular weight excluding hydrogens is 112 g/mol. The van der Waals surface area contributed by atoms with Gasteiger partial charge in [-0.15, -0.1) is 0 Å². The molecule has 0 amide bonds. The van der Waals surface area contributed by atoms with Crippen LogP contribution in [0.3, 0.4) is 0 Å². The van der Waals surface area contributed by atoms with Crippen LogP contribution in [-0.2, 0) is 4.74 Å². The van der Waals surface area contributed by atoms with Crippen molar-refractivity contribution in [2.24, 2.45) is 5.92 Å². The molecule has 2 aliphatic rings. The van der Waals surface area contributed by atoms with Crippen LogP contribution in [0, 0.1) is 12.5 Å². The van der Waals surface area contributed by atoms with Crippen molar-refractivity contribution in [2.45, 2.75) is 38.2 Å². The molecule has 2 fully saturated rings. The Hall–Kier alpha value is -0.0400. The Labute approximate surface area is 56.4 Å². The largest absolute Gasteiger partial charge is 0.366 e. The highest BCUT2D eigenvalue weighted by Crippen LogP contribution is 2.35. The summed E-state index contributed by atoms with van der Waals surface area (Å²) in [4.78, 5) is 0. The summed E-state index contributed by atoms with van der Waals surface area (Å²) in [6.45, 7) is 1.98. The second kappa shape index (κ2) is 2.30. The van der Waals surface area contributed by atoms with E-state index in [-0.39, 0.29) is 0 Å². The Kier molecular flexibility index (Phi) is 1.46. The molecule has 1 unspecified atom stereocenters. The minimum atomic E-state index is 0.560. The average molecular weight is 125 g/mol. The summed E-state index contributed by atoms with van der Waals surface area (Å²) in [5.74, 6) is 0.888. The highest BCUT2D eigenvalue weighted by atomic mass is 16.6. The Bertz CT molecular complexity index is 90.7. The van der Waals surface area contributed by atoms with Crippen molar-refractivity contribution < 1.29 is 4.74 Å². The van der Waals surface area contributed by atoms with Crippen LogP contribution < -0.4 is 0 Å². The molecule has 1 nitrogen and oxygen atoms in total. The first-order valence-corrected chi connectivity index (χ1v) is 3.95. The fourth-order valence-electron chi connectivity index (χ4n) is 1.73. The molecule has 51 valence electrons. The average Bonchev–Trinajstić information content (AvgIpc) is 2.71. The highest BCUT2D eigenvalue weighted by molar-refractivity contribution is 4.90. The number of rotatable bonds is 1. The van der Waals surface area contributed by atoms with E-state index in [1.165, 1.54) is 32.1 Å². The Morgan fingerprint density at radius 1 is 1.11 bits per heavy atom. The van der Waals surface area contributed by atoms with Crippen molar-refractivity contribution in [3.8, 4) is 0 Å². The van der Waals surface area contributed by atoms with Crippen molar-refractivity contribution >= 4 is 0 Å². The molecule has 0 N–H and O–H groups in total. The van der Waals surface area contributed by atoms with E-state index in [1.54, 1.807) is 0 Å². The molecule has 0 aromatic heterocycles. The zero-order chi connectivity index (χ0) is 6.10. The minimum Gasteiger partial charge on any atom is -0.366 e. The molecule has 0 spiro atoms. The molecule has 0 aromatic carbocycles. The van der Waals surface area contributed by atoms with Gasteiger partial charge in [0.25, 0.3) is 0 Å². The SMILES string of the molecule is [CH]1OC1C1CCCCC1. The summed E-state index contributed by atoms with van der Waals surface area (Å²) in [7, 11) is 0. The maximum atomic E-state index is 5.12. The molecule has 2 rings (SSSR count). The Morgan fingerprint density at radius 2 is 1.78 bits per heavy atom. The summed E-state index contributed by atoms with van der Waals surface area (Å²) in [6.07, 6.45) is 7.67. The fourth-order valence-corrected chi connectivity index (χ4v) is 1.73. The molecular formula is C8H13O. The Morgan fingerprint density at radius 3 is 2.33 bits per heavy atom. The van der Waals surface area contributed by atoms with Gasteiger partial charge in [-0.2, -0.15) is 0 Å². The lowest BCUT2D eigenvalue weighted by molar-refractivity contribution is 0.268. The lowest BCUT2D eigenvalue weighted by Crippen LogP contribution is -2.11. The van der Waals surface area contributed by atoms with Gasteiger partial charge in [0.15, 0.2) is 0 Å². The van der Waals surface area contributed by atoms with Gasteiger partial charge in [-0.25, -0.2) is 0 Å². The monoisotopic (exact) mass is 125 g/mol. The van der Waals surface area contributed by atoms with E-state index in [0.717, 1.165) is 5.92 Å². The number of hydrogen-bond acceptors (Lipinski definition) is 1. The highest BCUT2D eigenvalue weighted by Gasteiger charge is 2.33. The zero-order valence-electron chi connectivity index (χ0n) is 5.68. The van der Waals surface area contributed by atoms with Gasteiger partial charge in [-0.05, 0) is 18.8 Å². The van der Waals surface area contributed by atoms with Crippen LogP contribution in [0.5, 0.6) is 0 Å². The quantitative estimate of drug-likeness (QED) is 0.489. The normalized spacial score (nSPS) is 36.7. The van der Waals surface area contributed by atoms with E-state index in [2.05, 4.69) is 0 Å². The maximum absolute atomic E-state index is 5.12. The second-order valence-electron chi connectivity index (χ2n) is 3.13. The van der Waals surface area contributed by atoms with Crippen LogP contribution >= 0.6 is 0 Å². The summed E-state index contributed by atoms with van der Waals surface area (Å²) in [5, 5.41) is 0. The molecule has 0 bridgehead atoms. The first-order chi connectivity index (χ1) is 4.47. The third-order valence-corrected chi connectivity index (χ3v) is 2.41. The van der Waals surface area contributed by atoms with E-state index in [0.29, 0.717) is 6.10 Å². The van der Waals surface area contributed by atoms with E-state index >= 15 is 0 Å². The second-order valence-corrected chi connectivity index (χ2v) is 3.13. The van der Waals surface area contributed by atoms with Gasteiger partial charge in [-0.1, -0.05) is 19.3 Å². The van der Waals surface area contributed by atoms with Crippen molar-refractivity contribution in [1.29, 1.82) is 0 Å². The first kappa shape index (κ1) is 5.72. The topological polar surface area (TPSA) is 12.5 Å². The summed E-state index contributed by atoms with van der Waals surface area (Å²) in [5.41, 5.74) is 0. The fraction of sp³-hybridized carbons (Fsp3) is 0.875. The lowest BCUT2D eigenvalue weighted by atomic mass is 9.87. The molecule has 9 heavy (non-hydrogen) atoms. The van der Waals surface area contributed by atoms with Gasteiger partial charge in [-0.3, -0.25) is 0 Å². The lowest BCUT2D eigenvalue weighted by Gasteiger charge is -2.18. The zero-order valence-corrected chi connectivity index (χ0v) is 5.68. The van der Waals surface area contributed by atoms with E-state index < -0.39 is 0 Å². The van der Waals surface area contributed by atoms with Gasteiger partial charge < -0.3 is 4.74 Å². The van der Waals surface area contributed by atoms with Crippen molar-refractivity contribution in [2.75, 3.05) is 0 Å². The summed E-state index contributed by atoms with van der Waals surface area (Å²) < 4.78 is 5.12. The third kappa shape index (κ3) is 1.26. The molecule has 1 heterocycles. The predicted octanol–water partition coefficient (Wildman–Crippen LogP) is 2.13.